The zero-order chi connectivity index (χ0) is 15.1. The van der Waals surface area contributed by atoms with Crippen LogP contribution in [0.4, 0.5) is 11.6 Å². The molecule has 0 aromatic carbocycles. The molecule has 1 amide bonds. The highest BCUT2D eigenvalue weighted by Gasteiger charge is 2.16. The van der Waals surface area contributed by atoms with Gasteiger partial charge in [-0.15, -0.1) is 0 Å². The first-order valence-corrected chi connectivity index (χ1v) is 6.23. The molecule has 1 rings (SSSR count). The van der Waals surface area contributed by atoms with Crippen LogP contribution in [0.5, 0.6) is 0 Å². The Morgan fingerprint density at radius 3 is 2.60 bits per heavy atom. The molecule has 110 valence electrons. The van der Waals surface area contributed by atoms with Crippen molar-refractivity contribution < 1.29 is 4.79 Å². The zero-order valence-corrected chi connectivity index (χ0v) is 11.5. The maximum Gasteiger partial charge on any atom is 0.280 e. The van der Waals surface area contributed by atoms with Gasteiger partial charge in [0.1, 0.15) is 0 Å². The van der Waals surface area contributed by atoms with Crippen LogP contribution in [-0.4, -0.2) is 34.9 Å². The zero-order valence-electron chi connectivity index (χ0n) is 10.8. The van der Waals surface area contributed by atoms with Gasteiger partial charge in [0.15, 0.2) is 28.4 Å². The van der Waals surface area contributed by atoms with Gasteiger partial charge < -0.3 is 22.9 Å². The van der Waals surface area contributed by atoms with E-state index in [4.69, 9.17) is 34.5 Å². The summed E-state index contributed by atoms with van der Waals surface area (Å²) >= 11 is 5.68. The van der Waals surface area contributed by atoms with Gasteiger partial charge in [-0.1, -0.05) is 11.6 Å². The van der Waals surface area contributed by atoms with Crippen molar-refractivity contribution in [2.75, 3.05) is 24.6 Å². The van der Waals surface area contributed by atoms with Crippen LogP contribution in [0.2, 0.25) is 5.15 Å². The molecule has 20 heavy (non-hydrogen) atoms. The number of hydrogen-bond donors (Lipinski definition) is 5. The second-order valence-electron chi connectivity index (χ2n) is 3.85. The molecule has 0 aliphatic rings. The number of halogens is 1. The van der Waals surface area contributed by atoms with E-state index in [0.29, 0.717) is 13.1 Å². The molecule has 9 N–H and O–H groups in total. The molecule has 0 aliphatic carbocycles. The SMILES string of the molecule is NCCCCN=C(N)NC(=O)c1nc(Cl)c(N)nc1N. The summed E-state index contributed by atoms with van der Waals surface area (Å²) in [5.74, 6) is -0.886. The second kappa shape index (κ2) is 7.46. The van der Waals surface area contributed by atoms with Crippen molar-refractivity contribution in [1.82, 2.24) is 15.3 Å². The number of unbranched alkanes of at least 4 members (excludes halogenated alkanes) is 1. The number of hydrogen-bond acceptors (Lipinski definition) is 7. The Morgan fingerprint density at radius 2 is 1.95 bits per heavy atom. The first-order valence-electron chi connectivity index (χ1n) is 5.85. The molecule has 9 nitrogen and oxygen atoms in total. The first kappa shape index (κ1) is 15.9. The molecule has 0 fully saturated rings. The van der Waals surface area contributed by atoms with Gasteiger partial charge in [0.2, 0.25) is 0 Å². The molecule has 1 aromatic heterocycles. The highest BCUT2D eigenvalue weighted by molar-refractivity contribution is 6.31. The van der Waals surface area contributed by atoms with E-state index in [2.05, 4.69) is 20.3 Å². The molecule has 0 spiro atoms. The standard InChI is InChI=1S/C10H17ClN8O/c11-6-8(14)18-7(13)5(17-6)9(20)19-10(15)16-4-2-1-3-12/h1-4,12H2,(H4,13,14,18)(H3,15,16,19,20). The molecular weight excluding hydrogens is 284 g/mol. The fourth-order valence-electron chi connectivity index (χ4n) is 1.28. The van der Waals surface area contributed by atoms with Crippen LogP contribution in [0.15, 0.2) is 4.99 Å². The number of carbonyl (C=O) groups is 1. The van der Waals surface area contributed by atoms with Crippen LogP contribution in [0.3, 0.4) is 0 Å². The number of nitrogen functional groups attached to an aromatic ring is 2. The average Bonchev–Trinajstić information content (AvgIpc) is 2.38. The Bertz CT molecular complexity index is 518. The average molecular weight is 301 g/mol. The summed E-state index contributed by atoms with van der Waals surface area (Å²) < 4.78 is 0. The predicted molar refractivity (Wildman–Crippen MR) is 78.1 cm³/mol. The van der Waals surface area contributed by atoms with Gasteiger partial charge in [-0.3, -0.25) is 15.1 Å². The molecule has 0 saturated carbocycles. The molecule has 0 unspecified atom stereocenters. The van der Waals surface area contributed by atoms with Gasteiger partial charge in [-0.25, -0.2) is 9.97 Å². The second-order valence-corrected chi connectivity index (χ2v) is 4.21. The van der Waals surface area contributed by atoms with Gasteiger partial charge in [-0.05, 0) is 19.4 Å². The largest absolute Gasteiger partial charge is 0.382 e. The first-order chi connectivity index (χ1) is 9.45. The maximum atomic E-state index is 11.9. The Morgan fingerprint density at radius 1 is 1.25 bits per heavy atom. The monoisotopic (exact) mass is 300 g/mol. The lowest BCUT2D eigenvalue weighted by molar-refractivity contribution is 0.0972. The summed E-state index contributed by atoms with van der Waals surface area (Å²) in [6.45, 7) is 1.05. The number of rotatable bonds is 5. The molecule has 0 atom stereocenters. The summed E-state index contributed by atoms with van der Waals surface area (Å²) in [7, 11) is 0. The van der Waals surface area contributed by atoms with E-state index in [1.54, 1.807) is 0 Å². The Labute approximate surface area is 120 Å². The van der Waals surface area contributed by atoms with Crippen LogP contribution in [0, 0.1) is 0 Å². The van der Waals surface area contributed by atoms with Crippen LogP contribution < -0.4 is 28.3 Å². The quantitative estimate of drug-likeness (QED) is 0.265. The van der Waals surface area contributed by atoms with E-state index in [9.17, 15) is 4.79 Å². The van der Waals surface area contributed by atoms with Crippen molar-refractivity contribution in [1.29, 1.82) is 0 Å². The molecule has 0 radical (unpaired) electrons. The number of carbonyl (C=O) groups excluding carboxylic acids is 1. The third kappa shape index (κ3) is 4.52. The number of nitrogens with zero attached hydrogens (tertiary/aromatic N) is 3. The molecule has 0 aliphatic heterocycles. The lowest BCUT2D eigenvalue weighted by atomic mass is 10.3. The Hall–Kier alpha value is -2.13. The van der Waals surface area contributed by atoms with E-state index in [1.165, 1.54) is 0 Å². The fourth-order valence-corrected chi connectivity index (χ4v) is 1.41. The summed E-state index contributed by atoms with van der Waals surface area (Å²) in [5, 5.41) is 2.23. The number of nitrogens with two attached hydrogens (primary N) is 4. The Balaban J connectivity index is 2.69. The van der Waals surface area contributed by atoms with Crippen LogP contribution >= 0.6 is 11.6 Å². The minimum absolute atomic E-state index is 0.0406. The van der Waals surface area contributed by atoms with Crippen LogP contribution in [-0.2, 0) is 0 Å². The third-order valence-corrected chi connectivity index (χ3v) is 2.53. The van der Waals surface area contributed by atoms with Crippen molar-refractivity contribution in [3.05, 3.63) is 10.8 Å². The summed E-state index contributed by atoms with van der Waals surface area (Å²) in [6, 6.07) is 0. The molecule has 0 saturated heterocycles. The van der Waals surface area contributed by atoms with Gasteiger partial charge >= 0.3 is 0 Å². The van der Waals surface area contributed by atoms with Crippen molar-refractivity contribution in [3.8, 4) is 0 Å². The highest BCUT2D eigenvalue weighted by atomic mass is 35.5. The molecule has 1 aromatic rings. The third-order valence-electron chi connectivity index (χ3n) is 2.26. The fraction of sp³-hybridized carbons (Fsp3) is 0.400. The number of aliphatic imine (C=N–C) groups is 1. The summed E-state index contributed by atoms with van der Waals surface area (Å²) in [4.78, 5) is 23.3. The number of nitrogens with one attached hydrogen (secondary N) is 1. The smallest absolute Gasteiger partial charge is 0.280 e. The lowest BCUT2D eigenvalue weighted by Gasteiger charge is -2.07. The summed E-state index contributed by atoms with van der Waals surface area (Å²) in [6.07, 6.45) is 1.61. The van der Waals surface area contributed by atoms with Crippen molar-refractivity contribution in [3.63, 3.8) is 0 Å². The predicted octanol–water partition coefficient (Wildman–Crippen LogP) is -0.922. The molecule has 1 heterocycles. The maximum absolute atomic E-state index is 11.9. The topological polar surface area (TPSA) is 171 Å². The lowest BCUT2D eigenvalue weighted by Crippen LogP contribution is -2.38. The van der Waals surface area contributed by atoms with Gasteiger partial charge in [0.05, 0.1) is 0 Å². The van der Waals surface area contributed by atoms with Crippen molar-refractivity contribution in [2.45, 2.75) is 12.8 Å². The minimum Gasteiger partial charge on any atom is -0.382 e. The number of anilines is 2. The Kier molecular flexibility index (Phi) is 5.94. The van der Waals surface area contributed by atoms with Crippen molar-refractivity contribution >= 4 is 35.1 Å². The van der Waals surface area contributed by atoms with E-state index < -0.39 is 5.91 Å². The van der Waals surface area contributed by atoms with Gasteiger partial charge in [-0.2, -0.15) is 0 Å². The van der Waals surface area contributed by atoms with Crippen LogP contribution in [0.25, 0.3) is 0 Å². The van der Waals surface area contributed by atoms with E-state index in [0.717, 1.165) is 12.8 Å². The van der Waals surface area contributed by atoms with Crippen LogP contribution in [0.1, 0.15) is 23.3 Å². The normalized spacial score (nSPS) is 11.4. The molecule has 0 bridgehead atoms. The van der Waals surface area contributed by atoms with Gasteiger partial charge in [0, 0.05) is 6.54 Å². The minimum atomic E-state index is -0.656. The van der Waals surface area contributed by atoms with E-state index in [-0.39, 0.29) is 28.4 Å². The molecule has 10 heteroatoms. The number of amides is 1. The van der Waals surface area contributed by atoms with Gasteiger partial charge in [0.25, 0.3) is 5.91 Å². The summed E-state index contributed by atoms with van der Waals surface area (Å²) in [5.41, 5.74) is 21.7. The van der Waals surface area contributed by atoms with E-state index >= 15 is 0 Å². The van der Waals surface area contributed by atoms with Crippen molar-refractivity contribution in [2.24, 2.45) is 16.5 Å². The highest BCUT2D eigenvalue weighted by Crippen LogP contribution is 2.16. The molecular formula is C10H17ClN8O. The van der Waals surface area contributed by atoms with E-state index in [1.807, 2.05) is 0 Å². The number of aromatic nitrogens is 2. The number of guanidine groups is 1.